The second-order valence-corrected chi connectivity index (χ2v) is 8.49. The number of hydrogen-bond acceptors (Lipinski definition) is 6. The predicted octanol–water partition coefficient (Wildman–Crippen LogP) is 5.35. The minimum atomic E-state index is 0.227. The molecular weight excluding hydrogens is 410 g/mol. The van der Waals surface area contributed by atoms with Crippen molar-refractivity contribution in [1.82, 2.24) is 9.97 Å². The number of benzene rings is 1. The number of rotatable bonds is 7. The van der Waals surface area contributed by atoms with Crippen LogP contribution in [0.5, 0.6) is 0 Å². The Hall–Kier alpha value is -3.25. The molecule has 1 aromatic carbocycles. The first-order valence-corrected chi connectivity index (χ1v) is 11.7. The highest BCUT2D eigenvalue weighted by molar-refractivity contribution is 5.99. The third-order valence-electron chi connectivity index (χ3n) is 6.10. The average Bonchev–Trinajstić information content (AvgIpc) is 2.85. The molecule has 1 fully saturated rings. The van der Waals surface area contributed by atoms with Gasteiger partial charge in [-0.1, -0.05) is 31.2 Å². The zero-order valence-corrected chi connectivity index (χ0v) is 20.0. The zero-order valence-electron chi connectivity index (χ0n) is 20.0. The first-order chi connectivity index (χ1) is 16.1. The summed E-state index contributed by atoms with van der Waals surface area (Å²) in [6.07, 6.45) is 7.15. The van der Waals surface area contributed by atoms with E-state index in [1.165, 1.54) is 16.7 Å². The van der Waals surface area contributed by atoms with Crippen LogP contribution in [-0.4, -0.2) is 48.5 Å². The van der Waals surface area contributed by atoms with E-state index in [0.29, 0.717) is 6.54 Å². The van der Waals surface area contributed by atoms with Crippen LogP contribution in [0.1, 0.15) is 38.3 Å². The van der Waals surface area contributed by atoms with Crippen LogP contribution in [0, 0.1) is 0 Å². The smallest absolute Gasteiger partial charge is 0.135 e. The second kappa shape index (κ2) is 10.6. The summed E-state index contributed by atoms with van der Waals surface area (Å²) in [5.41, 5.74) is 4.78. The van der Waals surface area contributed by atoms with Gasteiger partial charge in [0.2, 0.25) is 0 Å². The monoisotopic (exact) mass is 443 g/mol. The van der Waals surface area contributed by atoms with Gasteiger partial charge in [0.1, 0.15) is 11.6 Å². The van der Waals surface area contributed by atoms with E-state index in [2.05, 4.69) is 70.4 Å². The molecule has 6 heteroatoms. The number of pyridine rings is 2. The number of fused-ring (bicyclic) bond motifs is 1. The average molecular weight is 444 g/mol. The van der Waals surface area contributed by atoms with Crippen LogP contribution in [-0.2, 0) is 11.3 Å². The largest absolute Gasteiger partial charge is 0.375 e. The molecule has 1 atom stereocenters. The first kappa shape index (κ1) is 22.9. The predicted molar refractivity (Wildman–Crippen MR) is 138 cm³/mol. The molecule has 2 aromatic heterocycles. The third-order valence-corrected chi connectivity index (χ3v) is 6.10. The molecule has 0 radical (unpaired) electrons. The van der Waals surface area contributed by atoms with Gasteiger partial charge in [-0.25, -0.2) is 9.97 Å². The van der Waals surface area contributed by atoms with Crippen LogP contribution in [0.15, 0.2) is 59.9 Å². The molecule has 1 N–H and O–H groups in total. The summed E-state index contributed by atoms with van der Waals surface area (Å²) in [5, 5.41) is 5.66. The van der Waals surface area contributed by atoms with Crippen LogP contribution in [0.25, 0.3) is 16.3 Å². The highest BCUT2D eigenvalue weighted by Crippen LogP contribution is 2.26. The summed E-state index contributed by atoms with van der Waals surface area (Å²) in [7, 11) is 1.83. The Balaban J connectivity index is 1.47. The summed E-state index contributed by atoms with van der Waals surface area (Å²) in [6.45, 7) is 9.49. The van der Waals surface area contributed by atoms with Crippen molar-refractivity contribution >= 4 is 33.7 Å². The van der Waals surface area contributed by atoms with E-state index >= 15 is 0 Å². The molecule has 3 heterocycles. The lowest BCUT2D eigenvalue weighted by Gasteiger charge is -2.32. The number of aromatic nitrogens is 2. The standard InChI is InChI=1S/C27H33N5O/c1-5-22(14-19(2)28-4)23-8-6-21(7-9-23)16-31-27-25-17-30-26(15-24(25)10-11-29-27)32-12-13-33-20(3)18-32/h6-11,14-15,17,20H,5,12-13,16,18H2,1-4H3,(H,29,31)/b22-14+,28-19-. The van der Waals surface area contributed by atoms with Crippen LogP contribution >= 0.6 is 0 Å². The number of aliphatic imine (C=N–C) groups is 1. The van der Waals surface area contributed by atoms with Gasteiger partial charge in [-0.3, -0.25) is 4.99 Å². The molecule has 6 nitrogen and oxygen atoms in total. The van der Waals surface area contributed by atoms with Crippen LogP contribution < -0.4 is 10.2 Å². The van der Waals surface area contributed by atoms with E-state index in [1.807, 2.05) is 32.4 Å². The molecule has 0 spiro atoms. The quantitative estimate of drug-likeness (QED) is 0.499. The third kappa shape index (κ3) is 5.57. The van der Waals surface area contributed by atoms with Crippen molar-refractivity contribution in [3.8, 4) is 0 Å². The van der Waals surface area contributed by atoms with Gasteiger partial charge in [0.25, 0.3) is 0 Å². The molecule has 0 bridgehead atoms. The van der Waals surface area contributed by atoms with Crippen molar-refractivity contribution in [3.05, 3.63) is 66.0 Å². The van der Waals surface area contributed by atoms with Crippen LogP contribution in [0.2, 0.25) is 0 Å². The summed E-state index contributed by atoms with van der Waals surface area (Å²) < 4.78 is 5.66. The second-order valence-electron chi connectivity index (χ2n) is 8.49. The molecule has 1 saturated heterocycles. The number of morpholine rings is 1. The Bertz CT molecular complexity index is 1150. The Morgan fingerprint density at radius 3 is 2.79 bits per heavy atom. The maximum absolute atomic E-state index is 5.66. The molecule has 3 aromatic rings. The van der Waals surface area contributed by atoms with Gasteiger partial charge in [0.05, 0.1) is 12.7 Å². The molecule has 33 heavy (non-hydrogen) atoms. The van der Waals surface area contributed by atoms with Crippen molar-refractivity contribution in [2.45, 2.75) is 39.8 Å². The summed E-state index contributed by atoms with van der Waals surface area (Å²) in [5.74, 6) is 1.85. The number of nitrogens with one attached hydrogen (secondary N) is 1. The molecule has 1 unspecified atom stereocenters. The van der Waals surface area contributed by atoms with Gasteiger partial charge in [0.15, 0.2) is 0 Å². The van der Waals surface area contributed by atoms with Gasteiger partial charge >= 0.3 is 0 Å². The Morgan fingerprint density at radius 1 is 1.24 bits per heavy atom. The Kier molecular flexibility index (Phi) is 7.35. The van der Waals surface area contributed by atoms with Gasteiger partial charge in [-0.2, -0.15) is 0 Å². The van der Waals surface area contributed by atoms with E-state index < -0.39 is 0 Å². The molecule has 0 amide bonds. The fourth-order valence-electron chi connectivity index (χ4n) is 4.13. The number of nitrogens with zero attached hydrogens (tertiary/aromatic N) is 4. The number of hydrogen-bond donors (Lipinski definition) is 1. The summed E-state index contributed by atoms with van der Waals surface area (Å²) in [4.78, 5) is 15.8. The molecule has 4 rings (SSSR count). The van der Waals surface area contributed by atoms with Crippen molar-refractivity contribution in [2.24, 2.45) is 4.99 Å². The Labute approximate surface area is 196 Å². The lowest BCUT2D eigenvalue weighted by Crippen LogP contribution is -2.41. The normalized spacial score (nSPS) is 17.5. The van der Waals surface area contributed by atoms with Gasteiger partial charge < -0.3 is 15.0 Å². The SMILES string of the molecule is CC/C(=C\C(C)=N/C)c1ccc(CNc2nccc3cc(N4CCOC(C)C4)ncc23)cc1. The van der Waals surface area contributed by atoms with E-state index in [9.17, 15) is 0 Å². The van der Waals surface area contributed by atoms with E-state index in [4.69, 9.17) is 9.72 Å². The minimum absolute atomic E-state index is 0.227. The minimum Gasteiger partial charge on any atom is -0.375 e. The Morgan fingerprint density at radius 2 is 2.06 bits per heavy atom. The van der Waals surface area contributed by atoms with Crippen molar-refractivity contribution in [1.29, 1.82) is 0 Å². The molecule has 1 aliphatic heterocycles. The number of anilines is 2. The van der Waals surface area contributed by atoms with E-state index in [0.717, 1.165) is 54.2 Å². The fraction of sp³-hybridized carbons (Fsp3) is 0.370. The van der Waals surface area contributed by atoms with E-state index in [1.54, 1.807) is 0 Å². The lowest BCUT2D eigenvalue weighted by atomic mass is 10.0. The van der Waals surface area contributed by atoms with Gasteiger partial charge in [-0.05, 0) is 60.6 Å². The van der Waals surface area contributed by atoms with Crippen molar-refractivity contribution in [3.63, 3.8) is 0 Å². The van der Waals surface area contributed by atoms with E-state index in [-0.39, 0.29) is 6.10 Å². The molecule has 0 saturated carbocycles. The van der Waals surface area contributed by atoms with Crippen LogP contribution in [0.3, 0.4) is 0 Å². The maximum Gasteiger partial charge on any atom is 0.135 e. The topological polar surface area (TPSA) is 62.6 Å². The molecule has 1 aliphatic rings. The molecule has 172 valence electrons. The zero-order chi connectivity index (χ0) is 23.2. The van der Waals surface area contributed by atoms with Gasteiger partial charge in [0, 0.05) is 50.2 Å². The molecular formula is C27H33N5O. The summed E-state index contributed by atoms with van der Waals surface area (Å²) in [6, 6.07) is 12.9. The summed E-state index contributed by atoms with van der Waals surface area (Å²) >= 11 is 0. The van der Waals surface area contributed by atoms with Crippen LogP contribution in [0.4, 0.5) is 11.6 Å². The van der Waals surface area contributed by atoms with Crippen molar-refractivity contribution in [2.75, 3.05) is 37.0 Å². The maximum atomic E-state index is 5.66. The fourth-order valence-corrected chi connectivity index (χ4v) is 4.13. The molecule has 0 aliphatic carbocycles. The lowest BCUT2D eigenvalue weighted by molar-refractivity contribution is 0.0529. The highest BCUT2D eigenvalue weighted by Gasteiger charge is 2.18. The van der Waals surface area contributed by atoms with Gasteiger partial charge in [-0.15, -0.1) is 0 Å². The number of ether oxygens (including phenoxy) is 1. The highest BCUT2D eigenvalue weighted by atomic mass is 16.5. The van der Waals surface area contributed by atoms with Crippen molar-refractivity contribution < 1.29 is 4.74 Å². The number of allylic oxidation sites excluding steroid dienone is 2. The first-order valence-electron chi connectivity index (χ1n) is 11.7.